The second-order valence-corrected chi connectivity index (χ2v) is 4.51. The van der Waals surface area contributed by atoms with Gasteiger partial charge in [0.1, 0.15) is 11.6 Å². The highest BCUT2D eigenvalue weighted by molar-refractivity contribution is 7.09. The molecule has 8 heteroatoms. The molecule has 0 unspecified atom stereocenters. The van der Waals surface area contributed by atoms with Gasteiger partial charge in [0.05, 0.1) is 9.93 Å². The van der Waals surface area contributed by atoms with Gasteiger partial charge in [0.15, 0.2) is 0 Å². The van der Waals surface area contributed by atoms with Gasteiger partial charge < -0.3 is 5.32 Å². The maximum absolute atomic E-state index is 11.0. The van der Waals surface area contributed by atoms with Crippen LogP contribution in [0, 0.1) is 21.4 Å². The summed E-state index contributed by atoms with van der Waals surface area (Å²) < 4.78 is 0. The minimum Gasteiger partial charge on any atom is -0.364 e. The maximum Gasteiger partial charge on any atom is 0.328 e. The first kappa shape index (κ1) is 12.9. The van der Waals surface area contributed by atoms with E-state index in [1.165, 1.54) is 23.6 Å². The summed E-state index contributed by atoms with van der Waals surface area (Å²) in [5, 5.41) is 25.5. The average Bonchev–Trinajstić information content (AvgIpc) is 2.91. The zero-order chi connectivity index (χ0) is 13.7. The Balaban J connectivity index is 2.12. The van der Waals surface area contributed by atoms with Crippen LogP contribution in [0.1, 0.15) is 10.6 Å². The monoisotopic (exact) mass is 275 g/mol. The summed E-state index contributed by atoms with van der Waals surface area (Å²) in [6.07, 6.45) is 3.72. The van der Waals surface area contributed by atoms with Crippen LogP contribution < -0.4 is 5.32 Å². The molecule has 7 nitrogen and oxygen atoms in total. The third-order valence-corrected chi connectivity index (χ3v) is 3.18. The van der Waals surface area contributed by atoms with Gasteiger partial charge in [-0.15, -0.1) is 11.3 Å². The molecule has 0 aliphatic heterocycles. The van der Waals surface area contributed by atoms with Crippen molar-refractivity contribution in [2.75, 3.05) is 11.9 Å². The van der Waals surface area contributed by atoms with Crippen LogP contribution in [0.3, 0.4) is 0 Å². The van der Waals surface area contributed by atoms with E-state index in [0.717, 1.165) is 5.01 Å². The second kappa shape index (κ2) is 5.88. The summed E-state index contributed by atoms with van der Waals surface area (Å²) in [7, 11) is 0. The molecule has 2 rings (SSSR count). The van der Waals surface area contributed by atoms with E-state index in [2.05, 4.69) is 15.3 Å². The van der Waals surface area contributed by atoms with Crippen LogP contribution >= 0.6 is 11.3 Å². The first-order chi connectivity index (χ1) is 9.22. The average molecular weight is 275 g/mol. The lowest BCUT2D eigenvalue weighted by Crippen LogP contribution is -2.09. The van der Waals surface area contributed by atoms with Crippen LogP contribution in [0.4, 0.5) is 11.5 Å². The number of hydrogen-bond donors (Lipinski definition) is 1. The molecule has 0 aliphatic rings. The topological polar surface area (TPSA) is 105 Å². The van der Waals surface area contributed by atoms with E-state index >= 15 is 0 Å². The van der Waals surface area contributed by atoms with Gasteiger partial charge in [0.2, 0.25) is 5.82 Å². The summed E-state index contributed by atoms with van der Waals surface area (Å²) >= 11 is 1.52. The minimum atomic E-state index is -0.600. The van der Waals surface area contributed by atoms with Gasteiger partial charge in [-0.3, -0.25) is 10.1 Å². The summed E-state index contributed by atoms with van der Waals surface area (Å²) in [6.45, 7) is 0.468. The first-order valence-corrected chi connectivity index (χ1v) is 6.26. The number of nitrogens with zero attached hydrogens (tertiary/aromatic N) is 4. The van der Waals surface area contributed by atoms with Gasteiger partial charge in [-0.1, -0.05) is 0 Å². The summed E-state index contributed by atoms with van der Waals surface area (Å²) in [6, 6.07) is 3.11. The third kappa shape index (κ3) is 3.02. The number of hydrogen-bond acceptors (Lipinski definition) is 7. The fraction of sp³-hybridized carbons (Fsp3) is 0.182. The van der Waals surface area contributed by atoms with E-state index in [-0.39, 0.29) is 17.1 Å². The number of nitrogens with one attached hydrogen (secondary N) is 1. The van der Waals surface area contributed by atoms with Crippen LogP contribution in [-0.4, -0.2) is 21.4 Å². The number of rotatable bonds is 5. The molecule has 0 bridgehead atoms. The molecule has 0 amide bonds. The molecule has 96 valence electrons. The van der Waals surface area contributed by atoms with Gasteiger partial charge in [0, 0.05) is 30.7 Å². The highest BCUT2D eigenvalue weighted by atomic mass is 32.1. The summed E-state index contributed by atoms with van der Waals surface area (Å²) in [4.78, 5) is 18.4. The Morgan fingerprint density at radius 2 is 2.32 bits per heavy atom. The van der Waals surface area contributed by atoms with Crippen molar-refractivity contribution in [2.45, 2.75) is 6.42 Å². The quantitative estimate of drug-likeness (QED) is 0.660. The summed E-state index contributed by atoms with van der Waals surface area (Å²) in [5.41, 5.74) is -0.291. The van der Waals surface area contributed by atoms with Crippen molar-refractivity contribution in [3.63, 3.8) is 0 Å². The fourth-order valence-corrected chi connectivity index (χ4v) is 2.14. The van der Waals surface area contributed by atoms with Gasteiger partial charge in [0.25, 0.3) is 0 Å². The number of aromatic nitrogens is 2. The fourth-order valence-electron chi connectivity index (χ4n) is 1.52. The number of nitriles is 1. The van der Waals surface area contributed by atoms with Crippen LogP contribution in [-0.2, 0) is 6.42 Å². The normalized spacial score (nSPS) is 9.84. The van der Waals surface area contributed by atoms with E-state index in [9.17, 15) is 10.1 Å². The number of pyridine rings is 1. The lowest BCUT2D eigenvalue weighted by Gasteiger charge is -2.05. The molecule has 0 aliphatic carbocycles. The number of thiazole rings is 1. The Morgan fingerprint density at radius 3 is 2.95 bits per heavy atom. The largest absolute Gasteiger partial charge is 0.364 e. The first-order valence-electron chi connectivity index (χ1n) is 5.38. The molecular weight excluding hydrogens is 266 g/mol. The molecular formula is C11H9N5O2S. The van der Waals surface area contributed by atoms with E-state index in [0.29, 0.717) is 13.0 Å². The molecule has 19 heavy (non-hydrogen) atoms. The minimum absolute atomic E-state index is 0.00301. The van der Waals surface area contributed by atoms with Crippen molar-refractivity contribution in [1.29, 1.82) is 5.26 Å². The van der Waals surface area contributed by atoms with Gasteiger partial charge in [-0.25, -0.2) is 9.97 Å². The third-order valence-electron chi connectivity index (χ3n) is 2.34. The second-order valence-electron chi connectivity index (χ2n) is 3.53. The van der Waals surface area contributed by atoms with E-state index in [4.69, 9.17) is 5.26 Å². The molecule has 2 aromatic heterocycles. The standard InChI is InChI=1S/C11H9N5O2S/c12-7-8-1-3-14-11(10(8)16(17)18)15-4-2-9-13-5-6-19-9/h1,3,5-6H,2,4H2,(H,14,15). The van der Waals surface area contributed by atoms with Crippen molar-refractivity contribution in [2.24, 2.45) is 0 Å². The zero-order valence-corrected chi connectivity index (χ0v) is 10.6. The van der Waals surface area contributed by atoms with Crippen LogP contribution in [0.5, 0.6) is 0 Å². The van der Waals surface area contributed by atoms with Gasteiger partial charge in [-0.2, -0.15) is 5.26 Å². The van der Waals surface area contributed by atoms with Crippen molar-refractivity contribution >= 4 is 22.8 Å². The molecule has 0 fully saturated rings. The Morgan fingerprint density at radius 1 is 1.47 bits per heavy atom. The molecule has 0 aromatic carbocycles. The molecule has 2 aromatic rings. The van der Waals surface area contributed by atoms with E-state index in [1.54, 1.807) is 12.3 Å². The zero-order valence-electron chi connectivity index (χ0n) is 9.74. The predicted molar refractivity (Wildman–Crippen MR) is 69.9 cm³/mol. The van der Waals surface area contributed by atoms with Gasteiger partial charge >= 0.3 is 5.69 Å². The lowest BCUT2D eigenvalue weighted by atomic mass is 10.2. The van der Waals surface area contributed by atoms with Crippen LogP contribution in [0.2, 0.25) is 0 Å². The Bertz CT molecular complexity index is 621. The highest BCUT2D eigenvalue weighted by Gasteiger charge is 2.20. The maximum atomic E-state index is 11.0. The van der Waals surface area contributed by atoms with E-state index < -0.39 is 4.92 Å². The summed E-state index contributed by atoms with van der Waals surface area (Å²) in [5.74, 6) is 0.112. The molecule has 0 saturated carbocycles. The molecule has 0 atom stereocenters. The van der Waals surface area contributed by atoms with E-state index in [1.807, 2.05) is 5.38 Å². The SMILES string of the molecule is N#Cc1ccnc(NCCc2nccs2)c1[N+](=O)[O-]. The molecule has 0 spiro atoms. The highest BCUT2D eigenvalue weighted by Crippen LogP contribution is 2.25. The molecule has 2 heterocycles. The number of anilines is 1. The Hall–Kier alpha value is -2.53. The number of nitro groups is 1. The Kier molecular flexibility index (Phi) is 4.00. The lowest BCUT2D eigenvalue weighted by molar-refractivity contribution is -0.384. The van der Waals surface area contributed by atoms with Crippen molar-refractivity contribution in [3.8, 4) is 6.07 Å². The van der Waals surface area contributed by atoms with Gasteiger partial charge in [-0.05, 0) is 6.07 Å². The smallest absolute Gasteiger partial charge is 0.328 e. The Labute approximate surface area is 112 Å². The van der Waals surface area contributed by atoms with Crippen molar-refractivity contribution in [1.82, 2.24) is 9.97 Å². The molecule has 1 N–H and O–H groups in total. The van der Waals surface area contributed by atoms with Crippen LogP contribution in [0.25, 0.3) is 0 Å². The van der Waals surface area contributed by atoms with Crippen LogP contribution in [0.15, 0.2) is 23.8 Å². The van der Waals surface area contributed by atoms with Crippen molar-refractivity contribution in [3.05, 3.63) is 44.5 Å². The predicted octanol–water partition coefficient (Wildman–Crippen LogP) is 1.97. The van der Waals surface area contributed by atoms with Crippen molar-refractivity contribution < 1.29 is 4.92 Å². The molecule has 0 saturated heterocycles. The molecule has 0 radical (unpaired) electrons.